The predicted molar refractivity (Wildman–Crippen MR) is 77.1 cm³/mol. The van der Waals surface area contributed by atoms with Crippen molar-refractivity contribution >= 4 is 11.9 Å². The number of rotatable bonds is 3. The van der Waals surface area contributed by atoms with Gasteiger partial charge in [-0.25, -0.2) is 0 Å². The van der Waals surface area contributed by atoms with Crippen LogP contribution in [0.5, 0.6) is 11.5 Å². The van der Waals surface area contributed by atoms with Gasteiger partial charge in [0.05, 0.1) is 6.61 Å². The van der Waals surface area contributed by atoms with Crippen molar-refractivity contribution in [3.8, 4) is 11.5 Å². The fourth-order valence-corrected chi connectivity index (χ4v) is 2.24. The smallest absolute Gasteiger partial charge is 0.185 e. The van der Waals surface area contributed by atoms with Crippen molar-refractivity contribution in [2.75, 3.05) is 6.61 Å². The number of phenols is 1. The largest absolute Gasteiger partial charge is 0.508 e. The first-order valence-corrected chi connectivity index (χ1v) is 6.49. The number of benzene rings is 2. The molecule has 0 aromatic heterocycles. The number of ether oxygens (including phenoxy) is 1. The van der Waals surface area contributed by atoms with Crippen LogP contribution in [0.25, 0.3) is 6.08 Å². The molecule has 0 bridgehead atoms. The van der Waals surface area contributed by atoms with Gasteiger partial charge in [0.15, 0.2) is 5.78 Å². The number of phenolic OH excluding ortho intramolecular Hbond substituents is 1. The molecular formula is C17H14O3. The normalized spacial score (nSPS) is 13.2. The maximum absolute atomic E-state index is 12.1. The molecule has 3 rings (SSSR count). The van der Waals surface area contributed by atoms with Gasteiger partial charge in [-0.05, 0) is 47.5 Å². The molecule has 0 radical (unpaired) electrons. The first-order valence-electron chi connectivity index (χ1n) is 6.49. The number of aromatic hydroxyl groups is 1. The standard InChI is InChI=1S/C17H14O3/c18-15-3-1-2-12(10-15)4-6-16(19)13-5-7-17-14(11-13)8-9-20-17/h1-7,10-11,18H,8-9H2. The zero-order valence-electron chi connectivity index (χ0n) is 10.9. The van der Waals surface area contributed by atoms with Gasteiger partial charge in [0, 0.05) is 12.0 Å². The van der Waals surface area contributed by atoms with Crippen molar-refractivity contribution in [3.63, 3.8) is 0 Å². The highest BCUT2D eigenvalue weighted by molar-refractivity contribution is 6.07. The lowest BCUT2D eigenvalue weighted by Gasteiger charge is -2.01. The van der Waals surface area contributed by atoms with Crippen LogP contribution in [0.3, 0.4) is 0 Å². The Kier molecular flexibility index (Phi) is 3.25. The third kappa shape index (κ3) is 2.57. The van der Waals surface area contributed by atoms with Crippen molar-refractivity contribution in [2.45, 2.75) is 6.42 Å². The summed E-state index contributed by atoms with van der Waals surface area (Å²) in [5.41, 5.74) is 2.54. The molecule has 1 aliphatic rings. The van der Waals surface area contributed by atoms with Gasteiger partial charge in [0.25, 0.3) is 0 Å². The highest BCUT2D eigenvalue weighted by Gasteiger charge is 2.13. The number of ketones is 1. The summed E-state index contributed by atoms with van der Waals surface area (Å²) >= 11 is 0. The maximum Gasteiger partial charge on any atom is 0.185 e. The molecule has 2 aromatic rings. The Morgan fingerprint density at radius 2 is 2.10 bits per heavy atom. The van der Waals surface area contributed by atoms with E-state index in [9.17, 15) is 9.90 Å². The van der Waals surface area contributed by atoms with Crippen molar-refractivity contribution in [2.24, 2.45) is 0 Å². The molecule has 0 aliphatic carbocycles. The van der Waals surface area contributed by atoms with E-state index in [0.717, 1.165) is 23.3 Å². The van der Waals surface area contributed by atoms with E-state index in [0.29, 0.717) is 12.2 Å². The van der Waals surface area contributed by atoms with Crippen LogP contribution in [0.1, 0.15) is 21.5 Å². The molecule has 0 fully saturated rings. The number of hydrogen-bond donors (Lipinski definition) is 1. The molecule has 100 valence electrons. The van der Waals surface area contributed by atoms with Crippen LogP contribution in [0.2, 0.25) is 0 Å². The number of carbonyl (C=O) groups is 1. The summed E-state index contributed by atoms with van der Waals surface area (Å²) in [7, 11) is 0. The lowest BCUT2D eigenvalue weighted by atomic mass is 10.0. The molecule has 0 saturated heterocycles. The Balaban J connectivity index is 1.79. The molecule has 3 nitrogen and oxygen atoms in total. The van der Waals surface area contributed by atoms with Crippen LogP contribution in [-0.2, 0) is 6.42 Å². The van der Waals surface area contributed by atoms with E-state index in [-0.39, 0.29) is 11.5 Å². The van der Waals surface area contributed by atoms with Crippen molar-refractivity contribution in [1.29, 1.82) is 0 Å². The fraction of sp³-hybridized carbons (Fsp3) is 0.118. The molecule has 0 saturated carbocycles. The Morgan fingerprint density at radius 1 is 1.20 bits per heavy atom. The van der Waals surface area contributed by atoms with Crippen LogP contribution in [-0.4, -0.2) is 17.5 Å². The minimum absolute atomic E-state index is 0.0527. The van der Waals surface area contributed by atoms with E-state index in [2.05, 4.69) is 0 Å². The highest BCUT2D eigenvalue weighted by Crippen LogP contribution is 2.26. The van der Waals surface area contributed by atoms with E-state index >= 15 is 0 Å². The van der Waals surface area contributed by atoms with Gasteiger partial charge in [-0.15, -0.1) is 0 Å². The summed E-state index contributed by atoms with van der Waals surface area (Å²) < 4.78 is 5.42. The second-order valence-corrected chi connectivity index (χ2v) is 4.71. The zero-order valence-corrected chi connectivity index (χ0v) is 10.9. The van der Waals surface area contributed by atoms with Crippen molar-refractivity contribution in [1.82, 2.24) is 0 Å². The quantitative estimate of drug-likeness (QED) is 0.685. The number of carbonyl (C=O) groups excluding carboxylic acids is 1. The molecule has 3 heteroatoms. The van der Waals surface area contributed by atoms with Gasteiger partial charge >= 0.3 is 0 Å². The molecule has 1 N–H and O–H groups in total. The average molecular weight is 266 g/mol. The maximum atomic E-state index is 12.1. The van der Waals surface area contributed by atoms with E-state index in [1.807, 2.05) is 18.2 Å². The Labute approximate surface area is 117 Å². The minimum atomic E-state index is -0.0527. The third-order valence-corrected chi connectivity index (χ3v) is 3.27. The molecule has 0 atom stereocenters. The zero-order chi connectivity index (χ0) is 13.9. The van der Waals surface area contributed by atoms with Gasteiger partial charge in [0.2, 0.25) is 0 Å². The monoisotopic (exact) mass is 266 g/mol. The van der Waals surface area contributed by atoms with Crippen LogP contribution in [0.4, 0.5) is 0 Å². The van der Waals surface area contributed by atoms with E-state index in [1.54, 1.807) is 30.3 Å². The summed E-state index contributed by atoms with van der Waals surface area (Å²) in [5.74, 6) is 1.01. The van der Waals surface area contributed by atoms with Crippen LogP contribution < -0.4 is 4.74 Å². The van der Waals surface area contributed by atoms with Crippen LogP contribution in [0, 0.1) is 0 Å². The molecule has 20 heavy (non-hydrogen) atoms. The molecule has 1 aliphatic heterocycles. The second kappa shape index (κ2) is 5.21. The van der Waals surface area contributed by atoms with Gasteiger partial charge in [-0.3, -0.25) is 4.79 Å². The number of fused-ring (bicyclic) bond motifs is 1. The lowest BCUT2D eigenvalue weighted by Crippen LogP contribution is -1.94. The van der Waals surface area contributed by atoms with E-state index < -0.39 is 0 Å². The summed E-state index contributed by atoms with van der Waals surface area (Å²) in [6, 6.07) is 12.3. The topological polar surface area (TPSA) is 46.5 Å². The summed E-state index contributed by atoms with van der Waals surface area (Å²) in [5, 5.41) is 9.37. The summed E-state index contributed by atoms with van der Waals surface area (Å²) in [4.78, 5) is 12.1. The molecule has 0 amide bonds. The lowest BCUT2D eigenvalue weighted by molar-refractivity contribution is 0.104. The highest BCUT2D eigenvalue weighted by atomic mass is 16.5. The summed E-state index contributed by atoms with van der Waals surface area (Å²) in [6.45, 7) is 0.687. The third-order valence-electron chi connectivity index (χ3n) is 3.27. The van der Waals surface area contributed by atoms with Gasteiger partial charge < -0.3 is 9.84 Å². The van der Waals surface area contributed by atoms with Gasteiger partial charge in [0.1, 0.15) is 11.5 Å². The first-order chi connectivity index (χ1) is 9.72. The number of hydrogen-bond acceptors (Lipinski definition) is 3. The summed E-state index contributed by atoms with van der Waals surface area (Å²) in [6.07, 6.45) is 4.07. The van der Waals surface area contributed by atoms with Gasteiger partial charge in [-0.2, -0.15) is 0 Å². The predicted octanol–water partition coefficient (Wildman–Crippen LogP) is 3.22. The Bertz CT molecular complexity index is 686. The van der Waals surface area contributed by atoms with Crippen LogP contribution >= 0.6 is 0 Å². The SMILES string of the molecule is O=C(C=Cc1cccc(O)c1)c1ccc2c(c1)CCO2. The molecule has 0 spiro atoms. The van der Waals surface area contributed by atoms with Crippen LogP contribution in [0.15, 0.2) is 48.5 Å². The number of allylic oxidation sites excluding steroid dienone is 1. The van der Waals surface area contributed by atoms with Crippen molar-refractivity contribution in [3.05, 3.63) is 65.2 Å². The first kappa shape index (κ1) is 12.5. The molecular weight excluding hydrogens is 252 g/mol. The average Bonchev–Trinajstić information content (AvgIpc) is 2.92. The molecule has 2 aromatic carbocycles. The second-order valence-electron chi connectivity index (χ2n) is 4.71. The van der Waals surface area contributed by atoms with Crippen molar-refractivity contribution < 1.29 is 14.6 Å². The van der Waals surface area contributed by atoms with E-state index in [1.165, 1.54) is 6.08 Å². The van der Waals surface area contributed by atoms with Gasteiger partial charge in [-0.1, -0.05) is 18.2 Å². The molecule has 1 heterocycles. The Morgan fingerprint density at radius 3 is 2.95 bits per heavy atom. The van der Waals surface area contributed by atoms with E-state index in [4.69, 9.17) is 4.74 Å². The molecule has 0 unspecified atom stereocenters. The fourth-order valence-electron chi connectivity index (χ4n) is 2.24. The minimum Gasteiger partial charge on any atom is -0.508 e. The Hall–Kier alpha value is -2.55.